The number of nitrogens with one attached hydrogen (secondary N) is 1. The Balaban J connectivity index is 2.27. The monoisotopic (exact) mass is 252 g/mol. The first kappa shape index (κ1) is 12.9. The van der Waals surface area contributed by atoms with Crippen LogP contribution in [-0.2, 0) is 0 Å². The number of ether oxygens (including phenoxy) is 1. The second-order valence-electron chi connectivity index (χ2n) is 4.58. The first-order valence-electron chi connectivity index (χ1n) is 6.24. The van der Waals surface area contributed by atoms with Crippen LogP contribution in [0.2, 0.25) is 0 Å². The van der Waals surface area contributed by atoms with E-state index in [-0.39, 0.29) is 5.56 Å². The lowest BCUT2D eigenvalue weighted by Crippen LogP contribution is -2.51. The second kappa shape index (κ2) is 5.39. The summed E-state index contributed by atoms with van der Waals surface area (Å²) in [6.07, 6.45) is 2.51. The molecule has 1 aromatic rings. The summed E-state index contributed by atoms with van der Waals surface area (Å²) in [4.78, 5) is 22.9. The van der Waals surface area contributed by atoms with Gasteiger partial charge < -0.3 is 14.6 Å². The minimum atomic E-state index is -0.227. The fourth-order valence-electron chi connectivity index (χ4n) is 2.37. The average molecular weight is 252 g/mol. The van der Waals surface area contributed by atoms with E-state index in [1.165, 1.54) is 13.4 Å². The molecule has 0 radical (unpaired) electrons. The number of hydrogen-bond donors (Lipinski definition) is 1. The summed E-state index contributed by atoms with van der Waals surface area (Å²) in [7, 11) is 3.64. The average Bonchev–Trinajstić information content (AvgIpc) is 2.39. The van der Waals surface area contributed by atoms with Gasteiger partial charge in [0, 0.05) is 25.7 Å². The first-order valence-corrected chi connectivity index (χ1v) is 6.24. The molecule has 0 aliphatic carbocycles. The zero-order valence-electron chi connectivity index (χ0n) is 11.1. The molecule has 0 spiro atoms. The topological polar surface area (TPSA) is 61.5 Å². The van der Waals surface area contributed by atoms with Gasteiger partial charge in [0.05, 0.1) is 13.4 Å². The van der Waals surface area contributed by atoms with Gasteiger partial charge in [-0.15, -0.1) is 0 Å². The number of anilines is 1. The molecule has 0 bridgehead atoms. The van der Waals surface area contributed by atoms with Crippen LogP contribution in [0, 0.1) is 0 Å². The van der Waals surface area contributed by atoms with Gasteiger partial charge >= 0.3 is 0 Å². The summed E-state index contributed by atoms with van der Waals surface area (Å²) in [5, 5.41) is 0. The highest BCUT2D eigenvalue weighted by molar-refractivity contribution is 5.51. The van der Waals surface area contributed by atoms with Crippen LogP contribution < -0.4 is 15.2 Å². The number of likely N-dealkylation sites (N-methyl/N-ethyl adjacent to an activating group) is 1. The molecule has 1 aliphatic heterocycles. The van der Waals surface area contributed by atoms with Crippen molar-refractivity contribution >= 4 is 5.82 Å². The molecule has 1 aromatic heterocycles. The highest BCUT2D eigenvalue weighted by Gasteiger charge is 2.26. The Morgan fingerprint density at radius 3 is 3.00 bits per heavy atom. The maximum atomic E-state index is 11.7. The Morgan fingerprint density at radius 1 is 1.56 bits per heavy atom. The number of hydrogen-bond acceptors (Lipinski definition) is 5. The predicted octanol–water partition coefficient (Wildman–Crippen LogP) is 0.309. The molecule has 0 aromatic carbocycles. The fraction of sp³-hybridized carbons (Fsp3) is 0.667. The summed E-state index contributed by atoms with van der Waals surface area (Å²) < 4.78 is 5.16. The minimum absolute atomic E-state index is 0.227. The number of methoxy groups -OCH3 is 1. The Bertz CT molecular complexity index is 460. The van der Waals surface area contributed by atoms with E-state index in [0.717, 1.165) is 26.1 Å². The van der Waals surface area contributed by atoms with Crippen molar-refractivity contribution in [3.63, 3.8) is 0 Å². The molecule has 2 rings (SSSR count). The highest BCUT2D eigenvalue weighted by Crippen LogP contribution is 2.23. The molecule has 100 valence electrons. The third-order valence-electron chi connectivity index (χ3n) is 3.54. The number of nitrogens with zero attached hydrogens (tertiary/aromatic N) is 3. The summed E-state index contributed by atoms with van der Waals surface area (Å²) in [6, 6.07) is 0.490. The fourth-order valence-corrected chi connectivity index (χ4v) is 2.37. The van der Waals surface area contributed by atoms with Gasteiger partial charge in [-0.05, 0) is 13.5 Å². The van der Waals surface area contributed by atoms with E-state index in [1.807, 2.05) is 0 Å². The molecule has 1 fully saturated rings. The van der Waals surface area contributed by atoms with Crippen molar-refractivity contribution in [2.24, 2.45) is 0 Å². The van der Waals surface area contributed by atoms with Crippen molar-refractivity contribution in [3.05, 3.63) is 16.7 Å². The lowest BCUT2D eigenvalue weighted by atomic mass is 10.1. The number of aromatic nitrogens is 2. The standard InChI is InChI=1S/C12H20N4O2/c1-4-9-7-16(6-5-15(9)2)11-10(18-3)12(17)14-8-13-11/h8-9H,4-7H2,1-3H3,(H,13,14,17). The number of H-pyrrole nitrogens is 1. The predicted molar refractivity (Wildman–Crippen MR) is 70.3 cm³/mol. The van der Waals surface area contributed by atoms with Crippen LogP contribution in [0.25, 0.3) is 0 Å². The van der Waals surface area contributed by atoms with Gasteiger partial charge in [-0.1, -0.05) is 6.92 Å². The Kier molecular flexibility index (Phi) is 3.86. The van der Waals surface area contributed by atoms with Crippen molar-refractivity contribution in [2.75, 3.05) is 38.7 Å². The van der Waals surface area contributed by atoms with Crippen LogP contribution in [-0.4, -0.2) is 54.7 Å². The third kappa shape index (κ3) is 2.33. The summed E-state index contributed by atoms with van der Waals surface area (Å²) in [5.41, 5.74) is -0.227. The Hall–Kier alpha value is -1.56. The van der Waals surface area contributed by atoms with Crippen molar-refractivity contribution in [1.82, 2.24) is 14.9 Å². The van der Waals surface area contributed by atoms with Gasteiger partial charge in [0.1, 0.15) is 0 Å². The van der Waals surface area contributed by atoms with Gasteiger partial charge in [0.25, 0.3) is 5.56 Å². The molecular weight excluding hydrogens is 232 g/mol. The number of rotatable bonds is 3. The normalized spacial score (nSPS) is 21.1. The van der Waals surface area contributed by atoms with E-state index in [9.17, 15) is 4.79 Å². The molecule has 1 atom stereocenters. The number of piperazine rings is 1. The van der Waals surface area contributed by atoms with Crippen molar-refractivity contribution in [1.29, 1.82) is 0 Å². The zero-order chi connectivity index (χ0) is 13.1. The minimum Gasteiger partial charge on any atom is -0.489 e. The third-order valence-corrected chi connectivity index (χ3v) is 3.54. The van der Waals surface area contributed by atoms with E-state index in [4.69, 9.17) is 4.74 Å². The summed E-state index contributed by atoms with van der Waals surface area (Å²) in [6.45, 7) is 4.88. The Morgan fingerprint density at radius 2 is 2.33 bits per heavy atom. The van der Waals surface area contributed by atoms with Gasteiger partial charge in [-0.25, -0.2) is 4.98 Å². The molecule has 2 heterocycles. The van der Waals surface area contributed by atoms with Gasteiger partial charge in [0.15, 0.2) is 5.82 Å². The van der Waals surface area contributed by atoms with Crippen molar-refractivity contribution < 1.29 is 4.74 Å². The van der Waals surface area contributed by atoms with E-state index in [2.05, 4.69) is 33.7 Å². The number of aromatic amines is 1. The largest absolute Gasteiger partial charge is 0.489 e. The lowest BCUT2D eigenvalue weighted by Gasteiger charge is -2.39. The quantitative estimate of drug-likeness (QED) is 0.839. The van der Waals surface area contributed by atoms with Gasteiger partial charge in [-0.2, -0.15) is 0 Å². The Labute approximate surface area is 107 Å². The van der Waals surface area contributed by atoms with E-state index in [1.54, 1.807) is 0 Å². The SMILES string of the molecule is CCC1CN(c2nc[nH]c(=O)c2OC)CCN1C. The second-order valence-corrected chi connectivity index (χ2v) is 4.58. The molecule has 1 saturated heterocycles. The zero-order valence-corrected chi connectivity index (χ0v) is 11.1. The van der Waals surface area contributed by atoms with Gasteiger partial charge in [-0.3, -0.25) is 9.69 Å². The molecule has 0 saturated carbocycles. The molecular formula is C12H20N4O2. The molecule has 6 heteroatoms. The van der Waals surface area contributed by atoms with E-state index in [0.29, 0.717) is 17.6 Å². The van der Waals surface area contributed by atoms with E-state index < -0.39 is 0 Å². The lowest BCUT2D eigenvalue weighted by molar-refractivity contribution is 0.212. The smallest absolute Gasteiger partial charge is 0.295 e. The maximum Gasteiger partial charge on any atom is 0.295 e. The molecule has 1 N–H and O–H groups in total. The molecule has 1 unspecified atom stereocenters. The van der Waals surface area contributed by atoms with Crippen LogP contribution in [0.1, 0.15) is 13.3 Å². The van der Waals surface area contributed by atoms with Crippen LogP contribution in [0.3, 0.4) is 0 Å². The summed E-state index contributed by atoms with van der Waals surface area (Å²) >= 11 is 0. The molecule has 18 heavy (non-hydrogen) atoms. The van der Waals surface area contributed by atoms with Crippen LogP contribution in [0.5, 0.6) is 5.75 Å². The first-order chi connectivity index (χ1) is 8.67. The van der Waals surface area contributed by atoms with Crippen LogP contribution in [0.4, 0.5) is 5.82 Å². The van der Waals surface area contributed by atoms with E-state index >= 15 is 0 Å². The molecule has 6 nitrogen and oxygen atoms in total. The van der Waals surface area contributed by atoms with Crippen LogP contribution >= 0.6 is 0 Å². The van der Waals surface area contributed by atoms with Gasteiger partial charge in [0.2, 0.25) is 5.75 Å². The van der Waals surface area contributed by atoms with Crippen molar-refractivity contribution in [3.8, 4) is 5.75 Å². The molecule has 0 amide bonds. The maximum absolute atomic E-state index is 11.7. The van der Waals surface area contributed by atoms with Crippen molar-refractivity contribution in [2.45, 2.75) is 19.4 Å². The highest BCUT2D eigenvalue weighted by atomic mass is 16.5. The van der Waals surface area contributed by atoms with Crippen LogP contribution in [0.15, 0.2) is 11.1 Å². The molecule has 1 aliphatic rings. The summed E-state index contributed by atoms with van der Waals surface area (Å²) in [5.74, 6) is 0.949.